The van der Waals surface area contributed by atoms with Crippen LogP contribution in [0.5, 0.6) is 0 Å². The van der Waals surface area contributed by atoms with E-state index >= 15 is 0 Å². The Kier molecular flexibility index (Phi) is 2.54. The number of anilines is 2. The summed E-state index contributed by atoms with van der Waals surface area (Å²) in [6.07, 6.45) is 2.73. The minimum atomic E-state index is 0.261. The van der Waals surface area contributed by atoms with E-state index in [9.17, 15) is 0 Å². The lowest BCUT2D eigenvalue weighted by Gasteiger charge is -2.19. The molecular weight excluding hydrogens is 178 g/mol. The summed E-state index contributed by atoms with van der Waals surface area (Å²) in [5, 5.41) is 9.03. The lowest BCUT2D eigenvalue weighted by molar-refractivity contribution is 0.238. The van der Waals surface area contributed by atoms with Crippen LogP contribution >= 0.6 is 0 Å². The van der Waals surface area contributed by atoms with Gasteiger partial charge in [0.1, 0.15) is 5.82 Å². The largest absolute Gasteiger partial charge is 0.396 e. The molecule has 14 heavy (non-hydrogen) atoms. The van der Waals surface area contributed by atoms with E-state index in [1.54, 1.807) is 6.20 Å². The number of aliphatic hydroxyl groups is 1. The van der Waals surface area contributed by atoms with Gasteiger partial charge in [0, 0.05) is 31.8 Å². The summed E-state index contributed by atoms with van der Waals surface area (Å²) in [5.41, 5.74) is 6.76. The highest BCUT2D eigenvalue weighted by Crippen LogP contribution is 2.26. The molecule has 4 heteroatoms. The normalized spacial score (nSPS) is 21.5. The van der Waals surface area contributed by atoms with Gasteiger partial charge in [0.05, 0.1) is 5.69 Å². The smallest absolute Gasteiger partial charge is 0.146 e. The van der Waals surface area contributed by atoms with E-state index in [1.165, 1.54) is 0 Å². The third-order valence-electron chi connectivity index (χ3n) is 2.70. The topological polar surface area (TPSA) is 62.4 Å². The second kappa shape index (κ2) is 3.84. The number of hydrogen-bond donors (Lipinski definition) is 2. The molecule has 2 heterocycles. The van der Waals surface area contributed by atoms with Crippen molar-refractivity contribution in [2.75, 3.05) is 30.3 Å². The van der Waals surface area contributed by atoms with Gasteiger partial charge in [0.25, 0.3) is 0 Å². The third-order valence-corrected chi connectivity index (χ3v) is 2.70. The van der Waals surface area contributed by atoms with E-state index in [1.807, 2.05) is 12.1 Å². The zero-order valence-corrected chi connectivity index (χ0v) is 8.06. The third kappa shape index (κ3) is 1.65. The van der Waals surface area contributed by atoms with Crippen molar-refractivity contribution >= 4 is 11.5 Å². The molecule has 4 nitrogen and oxygen atoms in total. The van der Waals surface area contributed by atoms with Gasteiger partial charge in [-0.15, -0.1) is 0 Å². The van der Waals surface area contributed by atoms with Crippen molar-refractivity contribution in [3.63, 3.8) is 0 Å². The van der Waals surface area contributed by atoms with Crippen molar-refractivity contribution in [3.8, 4) is 0 Å². The highest BCUT2D eigenvalue weighted by atomic mass is 16.3. The Morgan fingerprint density at radius 3 is 3.14 bits per heavy atom. The predicted octanol–water partition coefficient (Wildman–Crippen LogP) is 0.482. The van der Waals surface area contributed by atoms with E-state index in [0.717, 1.165) is 25.2 Å². The molecule has 3 N–H and O–H groups in total. The highest BCUT2D eigenvalue weighted by molar-refractivity contribution is 5.63. The zero-order chi connectivity index (χ0) is 9.97. The summed E-state index contributed by atoms with van der Waals surface area (Å²) in [7, 11) is 0. The monoisotopic (exact) mass is 193 g/mol. The molecule has 1 aromatic rings. The summed E-state index contributed by atoms with van der Waals surface area (Å²) < 4.78 is 0. The Morgan fingerprint density at radius 1 is 1.64 bits per heavy atom. The van der Waals surface area contributed by atoms with Gasteiger partial charge in [-0.25, -0.2) is 4.98 Å². The van der Waals surface area contributed by atoms with E-state index in [-0.39, 0.29) is 6.61 Å². The molecule has 0 radical (unpaired) electrons. The van der Waals surface area contributed by atoms with Gasteiger partial charge in [0.15, 0.2) is 0 Å². The lowest BCUT2D eigenvalue weighted by Crippen LogP contribution is -2.21. The summed E-state index contributed by atoms with van der Waals surface area (Å²) >= 11 is 0. The van der Waals surface area contributed by atoms with E-state index < -0.39 is 0 Å². The van der Waals surface area contributed by atoms with Gasteiger partial charge in [-0.3, -0.25) is 0 Å². The molecule has 0 bridgehead atoms. The number of nitrogens with two attached hydrogens (primary N) is 1. The first-order valence-electron chi connectivity index (χ1n) is 4.87. The van der Waals surface area contributed by atoms with Crippen LogP contribution in [0.2, 0.25) is 0 Å². The second-order valence-electron chi connectivity index (χ2n) is 3.69. The van der Waals surface area contributed by atoms with E-state index in [4.69, 9.17) is 10.8 Å². The van der Waals surface area contributed by atoms with Crippen molar-refractivity contribution in [1.29, 1.82) is 0 Å². The fourth-order valence-electron chi connectivity index (χ4n) is 1.88. The number of pyridine rings is 1. The van der Waals surface area contributed by atoms with Crippen molar-refractivity contribution in [2.24, 2.45) is 5.92 Å². The van der Waals surface area contributed by atoms with Gasteiger partial charge in [-0.05, 0) is 18.6 Å². The van der Waals surface area contributed by atoms with Crippen molar-refractivity contribution in [2.45, 2.75) is 6.42 Å². The average Bonchev–Trinajstić information content (AvgIpc) is 2.67. The first-order valence-corrected chi connectivity index (χ1v) is 4.87. The van der Waals surface area contributed by atoms with Crippen LogP contribution in [-0.4, -0.2) is 29.8 Å². The average molecular weight is 193 g/mol. The Morgan fingerprint density at radius 2 is 2.50 bits per heavy atom. The molecule has 2 rings (SSSR count). The van der Waals surface area contributed by atoms with Gasteiger partial charge in [-0.2, -0.15) is 0 Å². The van der Waals surface area contributed by atoms with Crippen molar-refractivity contribution < 1.29 is 5.11 Å². The Labute approximate surface area is 83.4 Å². The molecule has 0 saturated carbocycles. The predicted molar refractivity (Wildman–Crippen MR) is 56.1 cm³/mol. The fraction of sp³-hybridized carbons (Fsp3) is 0.500. The maximum atomic E-state index is 9.03. The number of rotatable bonds is 2. The molecule has 0 aliphatic carbocycles. The molecule has 0 aromatic carbocycles. The molecule has 0 amide bonds. The zero-order valence-electron chi connectivity index (χ0n) is 8.06. The lowest BCUT2D eigenvalue weighted by atomic mass is 10.1. The Hall–Kier alpha value is -1.29. The standard InChI is InChI=1S/C10H15N3O/c11-10-9(2-1-4-12-10)13-5-3-8(6-13)7-14/h1-2,4,8,14H,3,5-7H2,(H2,11,12). The van der Waals surface area contributed by atoms with E-state index in [2.05, 4.69) is 9.88 Å². The molecule has 1 aliphatic rings. The van der Waals surface area contributed by atoms with Crippen molar-refractivity contribution in [1.82, 2.24) is 4.98 Å². The molecular formula is C10H15N3O. The maximum absolute atomic E-state index is 9.03. The summed E-state index contributed by atoms with van der Waals surface area (Å²) in [5.74, 6) is 0.959. The summed E-state index contributed by atoms with van der Waals surface area (Å²) in [6, 6.07) is 3.86. The van der Waals surface area contributed by atoms with Crippen LogP contribution in [0, 0.1) is 5.92 Å². The van der Waals surface area contributed by atoms with Crippen LogP contribution in [0.1, 0.15) is 6.42 Å². The SMILES string of the molecule is Nc1ncccc1N1CCC(CO)C1. The van der Waals surface area contributed by atoms with Crippen LogP contribution in [0.4, 0.5) is 11.5 Å². The fourth-order valence-corrected chi connectivity index (χ4v) is 1.88. The molecule has 1 fully saturated rings. The van der Waals surface area contributed by atoms with Crippen LogP contribution in [-0.2, 0) is 0 Å². The van der Waals surface area contributed by atoms with Crippen LogP contribution in [0.3, 0.4) is 0 Å². The number of hydrogen-bond acceptors (Lipinski definition) is 4. The minimum absolute atomic E-state index is 0.261. The second-order valence-corrected chi connectivity index (χ2v) is 3.69. The van der Waals surface area contributed by atoms with Gasteiger partial charge in [-0.1, -0.05) is 0 Å². The van der Waals surface area contributed by atoms with Crippen LogP contribution < -0.4 is 10.6 Å². The van der Waals surface area contributed by atoms with Crippen molar-refractivity contribution in [3.05, 3.63) is 18.3 Å². The molecule has 1 aliphatic heterocycles. The Balaban J connectivity index is 2.13. The quantitative estimate of drug-likeness (QED) is 0.717. The number of nitrogens with zero attached hydrogens (tertiary/aromatic N) is 2. The number of nitrogen functional groups attached to an aromatic ring is 1. The van der Waals surface area contributed by atoms with Crippen LogP contribution in [0.25, 0.3) is 0 Å². The summed E-state index contributed by atoms with van der Waals surface area (Å²) in [4.78, 5) is 6.23. The van der Waals surface area contributed by atoms with Gasteiger partial charge >= 0.3 is 0 Å². The molecule has 76 valence electrons. The highest BCUT2D eigenvalue weighted by Gasteiger charge is 2.23. The van der Waals surface area contributed by atoms with Gasteiger partial charge < -0.3 is 15.7 Å². The number of aliphatic hydroxyl groups excluding tert-OH is 1. The molecule has 0 spiro atoms. The van der Waals surface area contributed by atoms with Crippen LogP contribution in [0.15, 0.2) is 18.3 Å². The molecule has 1 saturated heterocycles. The summed E-state index contributed by atoms with van der Waals surface area (Å²) in [6.45, 7) is 2.10. The molecule has 1 aromatic heterocycles. The first kappa shape index (κ1) is 9.27. The maximum Gasteiger partial charge on any atom is 0.146 e. The minimum Gasteiger partial charge on any atom is -0.396 e. The molecule has 1 atom stereocenters. The Bertz CT molecular complexity index is 316. The van der Waals surface area contributed by atoms with E-state index in [0.29, 0.717) is 11.7 Å². The first-order chi connectivity index (χ1) is 6.81. The molecule has 1 unspecified atom stereocenters. The van der Waals surface area contributed by atoms with Gasteiger partial charge in [0.2, 0.25) is 0 Å². The number of aromatic nitrogens is 1.